The molecule has 0 radical (unpaired) electrons. The van der Waals surface area contributed by atoms with Crippen LogP contribution >= 0.6 is 0 Å². The normalized spacial score (nSPS) is 15.9. The van der Waals surface area contributed by atoms with E-state index in [1.54, 1.807) is 0 Å². The third kappa shape index (κ3) is 5.16. The molecular weight excluding hydrogens is 498 g/mol. The first-order chi connectivity index (χ1) is 20.2. The number of allylic oxidation sites excluding steroid dienone is 7. The third-order valence-electron chi connectivity index (χ3n) is 8.23. The molecule has 0 aliphatic carbocycles. The van der Waals surface area contributed by atoms with Crippen molar-refractivity contribution in [1.29, 1.82) is 0 Å². The fourth-order valence-electron chi connectivity index (χ4n) is 6.01. The molecule has 0 unspecified atom stereocenters. The molecule has 0 bridgehead atoms. The number of hydrogen-bond donors (Lipinski definition) is 0. The predicted molar refractivity (Wildman–Crippen MR) is 176 cm³/mol. The zero-order valence-corrected chi connectivity index (χ0v) is 24.3. The molecular formula is C38H38N3+. The Kier molecular flexibility index (Phi) is 7.69. The molecule has 3 nitrogen and oxygen atoms in total. The van der Waals surface area contributed by atoms with Crippen LogP contribution in [-0.4, -0.2) is 19.6 Å². The Balaban J connectivity index is 1.48. The molecule has 0 atom stereocenters. The SMILES string of the molecule is CCN1C=C/C(=C/C=C(\C=C\c2cc[n+](CC)c3ccccc23)C2=CCN(CC)c3ccccc32)c2ccccc21. The summed E-state index contributed by atoms with van der Waals surface area (Å²) in [5, 5.41) is 1.27. The van der Waals surface area contributed by atoms with Crippen LogP contribution in [0.15, 0.2) is 127 Å². The Hall–Kier alpha value is -4.63. The number of para-hydroxylation sites is 3. The van der Waals surface area contributed by atoms with Crippen LogP contribution in [0.4, 0.5) is 11.4 Å². The number of aryl methyl sites for hydroxylation is 1. The average molecular weight is 537 g/mol. The van der Waals surface area contributed by atoms with Crippen molar-refractivity contribution >= 4 is 39.5 Å². The predicted octanol–water partition coefficient (Wildman–Crippen LogP) is 8.45. The van der Waals surface area contributed by atoms with Crippen LogP contribution < -0.4 is 14.4 Å². The van der Waals surface area contributed by atoms with Gasteiger partial charge in [0.05, 0.1) is 5.39 Å². The number of fused-ring (bicyclic) bond motifs is 3. The summed E-state index contributed by atoms with van der Waals surface area (Å²) in [4.78, 5) is 4.74. The standard InChI is InChI=1S/C38H38N3/c1-4-39-26-23-30(33-13-7-10-16-36(33)39)21-19-29(32-25-28-41(6-3)38-18-12-9-15-35(32)38)20-22-31-24-27-40(5-2)37-17-11-8-14-34(31)37/h7-27H,4-6,28H2,1-3H3/q+1. The van der Waals surface area contributed by atoms with Crippen LogP contribution in [0, 0.1) is 0 Å². The highest BCUT2D eigenvalue weighted by molar-refractivity contribution is 5.94. The topological polar surface area (TPSA) is 10.4 Å². The summed E-state index contributed by atoms with van der Waals surface area (Å²) in [6, 6.07) is 28.4. The molecule has 4 aromatic rings. The summed E-state index contributed by atoms with van der Waals surface area (Å²) in [5.41, 5.74) is 11.3. The van der Waals surface area contributed by atoms with Gasteiger partial charge in [0.2, 0.25) is 5.52 Å². The molecule has 0 spiro atoms. The second-order valence-electron chi connectivity index (χ2n) is 10.4. The van der Waals surface area contributed by atoms with Gasteiger partial charge in [-0.2, -0.15) is 4.57 Å². The van der Waals surface area contributed by atoms with E-state index in [1.165, 1.54) is 55.7 Å². The van der Waals surface area contributed by atoms with Gasteiger partial charge < -0.3 is 9.80 Å². The van der Waals surface area contributed by atoms with Crippen molar-refractivity contribution in [1.82, 2.24) is 0 Å². The lowest BCUT2D eigenvalue weighted by Gasteiger charge is -2.30. The van der Waals surface area contributed by atoms with Gasteiger partial charge in [0, 0.05) is 60.5 Å². The molecule has 3 heteroatoms. The van der Waals surface area contributed by atoms with E-state index in [0.717, 1.165) is 26.2 Å². The first-order valence-corrected chi connectivity index (χ1v) is 14.8. The molecule has 1 aromatic heterocycles. The lowest BCUT2D eigenvalue weighted by molar-refractivity contribution is -0.667. The first-order valence-electron chi connectivity index (χ1n) is 14.8. The highest BCUT2D eigenvalue weighted by atomic mass is 15.1. The zero-order chi connectivity index (χ0) is 28.2. The summed E-state index contributed by atoms with van der Waals surface area (Å²) in [7, 11) is 0. The number of nitrogens with zero attached hydrogens (tertiary/aromatic N) is 3. The molecule has 204 valence electrons. The fraction of sp³-hybridized carbons (Fsp3) is 0.184. The van der Waals surface area contributed by atoms with E-state index < -0.39 is 0 Å². The van der Waals surface area contributed by atoms with Gasteiger partial charge >= 0.3 is 0 Å². The van der Waals surface area contributed by atoms with Gasteiger partial charge in [-0.1, -0.05) is 78.9 Å². The number of anilines is 2. The summed E-state index contributed by atoms with van der Waals surface area (Å²) in [6.07, 6.45) is 18.2. The van der Waals surface area contributed by atoms with Crippen LogP contribution in [0.5, 0.6) is 0 Å². The molecule has 2 aliphatic heterocycles. The van der Waals surface area contributed by atoms with E-state index in [9.17, 15) is 0 Å². The maximum atomic E-state index is 2.44. The molecule has 2 aliphatic rings. The minimum atomic E-state index is 0.906. The second-order valence-corrected chi connectivity index (χ2v) is 10.4. The van der Waals surface area contributed by atoms with Crippen molar-refractivity contribution in [2.75, 3.05) is 29.4 Å². The van der Waals surface area contributed by atoms with Crippen LogP contribution in [0.1, 0.15) is 37.5 Å². The molecule has 0 N–H and O–H groups in total. The lowest BCUT2D eigenvalue weighted by Crippen LogP contribution is -2.32. The number of pyridine rings is 1. The van der Waals surface area contributed by atoms with Crippen molar-refractivity contribution in [3.63, 3.8) is 0 Å². The van der Waals surface area contributed by atoms with Gasteiger partial charge in [-0.25, -0.2) is 0 Å². The molecule has 3 aromatic carbocycles. The van der Waals surface area contributed by atoms with Gasteiger partial charge in [-0.05, 0) is 67.3 Å². The number of benzene rings is 3. The summed E-state index contributed by atoms with van der Waals surface area (Å²) >= 11 is 0. The van der Waals surface area contributed by atoms with Gasteiger partial charge in [-0.15, -0.1) is 0 Å². The Labute approximate surface area is 244 Å². The highest BCUT2D eigenvalue weighted by Gasteiger charge is 2.19. The summed E-state index contributed by atoms with van der Waals surface area (Å²) < 4.78 is 2.31. The van der Waals surface area contributed by atoms with Gasteiger partial charge in [0.15, 0.2) is 6.20 Å². The zero-order valence-electron chi connectivity index (χ0n) is 24.3. The fourth-order valence-corrected chi connectivity index (χ4v) is 6.01. The molecule has 41 heavy (non-hydrogen) atoms. The largest absolute Gasteiger partial charge is 0.368 e. The smallest absolute Gasteiger partial charge is 0.213 e. The van der Waals surface area contributed by atoms with Crippen molar-refractivity contribution < 1.29 is 4.57 Å². The van der Waals surface area contributed by atoms with E-state index in [2.05, 4.69) is 163 Å². The van der Waals surface area contributed by atoms with Gasteiger partial charge in [0.25, 0.3) is 0 Å². The van der Waals surface area contributed by atoms with Gasteiger partial charge in [0.1, 0.15) is 6.54 Å². The summed E-state index contributed by atoms with van der Waals surface area (Å²) in [5.74, 6) is 0. The number of rotatable bonds is 7. The minimum absolute atomic E-state index is 0.906. The van der Waals surface area contributed by atoms with E-state index in [1.807, 2.05) is 0 Å². The Morgan fingerprint density at radius 2 is 1.59 bits per heavy atom. The Bertz CT molecular complexity index is 1730. The van der Waals surface area contributed by atoms with Gasteiger partial charge in [-0.3, -0.25) is 0 Å². The van der Waals surface area contributed by atoms with Crippen LogP contribution in [-0.2, 0) is 6.54 Å². The molecule has 6 rings (SSSR count). The maximum absolute atomic E-state index is 2.44. The van der Waals surface area contributed by atoms with E-state index in [-0.39, 0.29) is 0 Å². The van der Waals surface area contributed by atoms with E-state index in [0.29, 0.717) is 0 Å². The van der Waals surface area contributed by atoms with E-state index >= 15 is 0 Å². The van der Waals surface area contributed by atoms with Crippen molar-refractivity contribution in [3.05, 3.63) is 144 Å². The maximum Gasteiger partial charge on any atom is 0.213 e. The minimum Gasteiger partial charge on any atom is -0.368 e. The molecule has 3 heterocycles. The first kappa shape index (κ1) is 26.6. The second kappa shape index (κ2) is 11.9. The average Bonchev–Trinajstić information content (AvgIpc) is 3.04. The lowest BCUT2D eigenvalue weighted by atomic mass is 9.91. The number of likely N-dealkylation sites (N-methyl/N-ethyl adjacent to an activating group) is 1. The molecule has 0 saturated heterocycles. The quantitative estimate of drug-likeness (QED) is 0.173. The molecule has 0 fully saturated rings. The number of hydrogen-bond acceptors (Lipinski definition) is 2. The van der Waals surface area contributed by atoms with Crippen LogP contribution in [0.3, 0.4) is 0 Å². The molecule has 0 saturated carbocycles. The summed E-state index contributed by atoms with van der Waals surface area (Å²) in [6.45, 7) is 10.4. The third-order valence-corrected chi connectivity index (χ3v) is 8.23. The Morgan fingerprint density at radius 3 is 2.39 bits per heavy atom. The monoisotopic (exact) mass is 536 g/mol. The van der Waals surface area contributed by atoms with Crippen molar-refractivity contribution in [2.45, 2.75) is 27.3 Å². The van der Waals surface area contributed by atoms with Crippen molar-refractivity contribution in [3.8, 4) is 0 Å². The molecule has 0 amide bonds. The Morgan fingerprint density at radius 1 is 0.829 bits per heavy atom. The van der Waals surface area contributed by atoms with Crippen molar-refractivity contribution in [2.24, 2.45) is 0 Å². The number of aromatic nitrogens is 1. The highest BCUT2D eigenvalue weighted by Crippen LogP contribution is 2.37. The van der Waals surface area contributed by atoms with Crippen LogP contribution in [0.2, 0.25) is 0 Å². The van der Waals surface area contributed by atoms with Crippen LogP contribution in [0.25, 0.3) is 28.1 Å². The van der Waals surface area contributed by atoms with E-state index in [4.69, 9.17) is 0 Å².